The van der Waals surface area contributed by atoms with Crippen LogP contribution in [0.4, 0.5) is 5.69 Å². The summed E-state index contributed by atoms with van der Waals surface area (Å²) in [4.78, 5) is 26.9. The van der Waals surface area contributed by atoms with Gasteiger partial charge in [0.1, 0.15) is 5.75 Å². The van der Waals surface area contributed by atoms with E-state index in [1.165, 1.54) is 6.92 Å². The summed E-state index contributed by atoms with van der Waals surface area (Å²) >= 11 is 0. The summed E-state index contributed by atoms with van der Waals surface area (Å²) < 4.78 is 5.71. The minimum atomic E-state index is -1.57. The maximum absolute atomic E-state index is 12.6. The lowest BCUT2D eigenvalue weighted by Crippen LogP contribution is -2.59. The number of amides is 2. The first kappa shape index (κ1) is 17.3. The molecule has 0 fully saturated rings. The number of carbonyl (C=O) groups is 2. The lowest BCUT2D eigenvalue weighted by atomic mass is 9.92. The standard InChI is InChI=1S/C17H25N3O3/c1-16(2,11-20(4)5)10-18-14(21)17(3)15(22)19-12-8-6-7-9-13(12)23-17/h6-9H,10-11H2,1-5H3,(H,18,21)(H,19,22). The molecule has 1 aliphatic rings. The molecule has 0 spiro atoms. The number of carbonyl (C=O) groups excluding carboxylic acids is 2. The van der Waals surface area contributed by atoms with E-state index < -0.39 is 17.4 Å². The van der Waals surface area contributed by atoms with Crippen LogP contribution in [-0.2, 0) is 9.59 Å². The highest BCUT2D eigenvalue weighted by atomic mass is 16.5. The van der Waals surface area contributed by atoms with E-state index in [9.17, 15) is 9.59 Å². The molecule has 2 amide bonds. The first-order valence-corrected chi connectivity index (χ1v) is 7.67. The fraction of sp³-hybridized carbons (Fsp3) is 0.529. The maximum atomic E-state index is 12.6. The predicted octanol–water partition coefficient (Wildman–Crippen LogP) is 1.48. The lowest BCUT2D eigenvalue weighted by molar-refractivity contribution is -0.147. The molecule has 6 nitrogen and oxygen atoms in total. The summed E-state index contributed by atoms with van der Waals surface area (Å²) in [6.45, 7) is 6.89. The van der Waals surface area contributed by atoms with E-state index in [1.54, 1.807) is 24.3 Å². The molecule has 126 valence electrons. The monoisotopic (exact) mass is 319 g/mol. The van der Waals surface area contributed by atoms with Gasteiger partial charge in [-0.15, -0.1) is 0 Å². The fourth-order valence-electron chi connectivity index (χ4n) is 2.72. The molecule has 0 radical (unpaired) electrons. The molecule has 1 heterocycles. The first-order valence-electron chi connectivity index (χ1n) is 7.67. The second-order valence-electron chi connectivity index (χ2n) is 7.17. The second kappa shape index (κ2) is 6.20. The fourth-order valence-corrected chi connectivity index (χ4v) is 2.72. The molecule has 2 N–H and O–H groups in total. The van der Waals surface area contributed by atoms with E-state index in [0.717, 1.165) is 6.54 Å². The van der Waals surface area contributed by atoms with Crippen molar-refractivity contribution >= 4 is 17.5 Å². The van der Waals surface area contributed by atoms with Gasteiger partial charge in [-0.2, -0.15) is 0 Å². The van der Waals surface area contributed by atoms with Gasteiger partial charge in [0.25, 0.3) is 17.4 Å². The summed E-state index contributed by atoms with van der Waals surface area (Å²) in [7, 11) is 3.97. The third-order valence-electron chi connectivity index (χ3n) is 3.79. The number of hydrogen-bond donors (Lipinski definition) is 2. The van der Waals surface area contributed by atoms with Crippen LogP contribution in [0.25, 0.3) is 0 Å². The Morgan fingerprint density at radius 2 is 2.00 bits per heavy atom. The minimum absolute atomic E-state index is 0.113. The number of nitrogens with one attached hydrogen (secondary N) is 2. The second-order valence-corrected chi connectivity index (χ2v) is 7.17. The SMILES string of the molecule is CN(C)CC(C)(C)CNC(=O)C1(C)Oc2ccccc2NC1=O. The van der Waals surface area contributed by atoms with E-state index >= 15 is 0 Å². The largest absolute Gasteiger partial charge is 0.466 e. The Labute approximate surface area is 137 Å². The van der Waals surface area contributed by atoms with E-state index in [1.807, 2.05) is 14.1 Å². The predicted molar refractivity (Wildman–Crippen MR) is 89.4 cm³/mol. The number of benzene rings is 1. The van der Waals surface area contributed by atoms with E-state index in [2.05, 4.69) is 29.4 Å². The Balaban J connectivity index is 2.08. The van der Waals surface area contributed by atoms with Crippen LogP contribution in [0, 0.1) is 5.41 Å². The zero-order valence-corrected chi connectivity index (χ0v) is 14.4. The molecule has 0 bridgehead atoms. The zero-order valence-electron chi connectivity index (χ0n) is 14.4. The Kier molecular flexibility index (Phi) is 4.66. The van der Waals surface area contributed by atoms with Crippen molar-refractivity contribution in [1.82, 2.24) is 10.2 Å². The molecule has 23 heavy (non-hydrogen) atoms. The van der Waals surface area contributed by atoms with Crippen LogP contribution in [0.1, 0.15) is 20.8 Å². The van der Waals surface area contributed by atoms with Crippen LogP contribution in [0.2, 0.25) is 0 Å². The van der Waals surface area contributed by atoms with Gasteiger partial charge in [0.05, 0.1) is 5.69 Å². The van der Waals surface area contributed by atoms with Crippen molar-refractivity contribution in [2.45, 2.75) is 26.4 Å². The third-order valence-corrected chi connectivity index (χ3v) is 3.79. The quantitative estimate of drug-likeness (QED) is 0.807. The van der Waals surface area contributed by atoms with Crippen LogP contribution >= 0.6 is 0 Å². The van der Waals surface area contributed by atoms with Crippen LogP contribution < -0.4 is 15.4 Å². The van der Waals surface area contributed by atoms with Gasteiger partial charge in [-0.1, -0.05) is 26.0 Å². The average Bonchev–Trinajstić information content (AvgIpc) is 2.44. The molecule has 0 aliphatic carbocycles. The van der Waals surface area contributed by atoms with E-state index in [0.29, 0.717) is 18.0 Å². The van der Waals surface area contributed by atoms with Crippen LogP contribution in [0.5, 0.6) is 5.75 Å². The summed E-state index contributed by atoms with van der Waals surface area (Å²) in [5, 5.41) is 5.58. The molecule has 2 rings (SSSR count). The van der Waals surface area contributed by atoms with Crippen LogP contribution in [-0.4, -0.2) is 49.5 Å². The van der Waals surface area contributed by atoms with Gasteiger partial charge in [-0.3, -0.25) is 9.59 Å². The number of hydrogen-bond acceptors (Lipinski definition) is 4. The zero-order chi connectivity index (χ0) is 17.3. The topological polar surface area (TPSA) is 70.7 Å². The van der Waals surface area contributed by atoms with Gasteiger partial charge in [0.15, 0.2) is 0 Å². The third kappa shape index (κ3) is 3.82. The number of anilines is 1. The van der Waals surface area contributed by atoms with Gasteiger partial charge in [-0.25, -0.2) is 0 Å². The number of fused-ring (bicyclic) bond motifs is 1. The Hall–Kier alpha value is -2.08. The molecule has 1 aromatic rings. The molecule has 0 saturated heterocycles. The molecule has 1 aliphatic heterocycles. The smallest absolute Gasteiger partial charge is 0.278 e. The summed E-state index contributed by atoms with van der Waals surface area (Å²) in [6, 6.07) is 7.07. The van der Waals surface area contributed by atoms with Crippen molar-refractivity contribution in [3.8, 4) is 5.75 Å². The molecular formula is C17H25N3O3. The van der Waals surface area contributed by atoms with Crippen LogP contribution in [0.3, 0.4) is 0 Å². The van der Waals surface area contributed by atoms with Gasteiger partial charge in [-0.05, 0) is 38.6 Å². The normalized spacial score (nSPS) is 20.5. The molecule has 1 unspecified atom stereocenters. The molecule has 0 aromatic heterocycles. The minimum Gasteiger partial charge on any atom is -0.466 e. The number of nitrogens with zero attached hydrogens (tertiary/aromatic N) is 1. The molecule has 6 heteroatoms. The highest BCUT2D eigenvalue weighted by Gasteiger charge is 2.47. The molecule has 1 atom stereocenters. The van der Waals surface area contributed by atoms with Crippen molar-refractivity contribution < 1.29 is 14.3 Å². The first-order chi connectivity index (χ1) is 10.6. The molecule has 0 saturated carbocycles. The highest BCUT2D eigenvalue weighted by Crippen LogP contribution is 2.33. The van der Waals surface area contributed by atoms with Crippen molar-refractivity contribution in [3.05, 3.63) is 24.3 Å². The van der Waals surface area contributed by atoms with Gasteiger partial charge >= 0.3 is 0 Å². The van der Waals surface area contributed by atoms with Crippen molar-refractivity contribution in [1.29, 1.82) is 0 Å². The molecular weight excluding hydrogens is 294 g/mol. The lowest BCUT2D eigenvalue weighted by Gasteiger charge is -2.35. The summed E-state index contributed by atoms with van der Waals surface area (Å²) in [5.74, 6) is -0.396. The van der Waals surface area contributed by atoms with Gasteiger partial charge in [0.2, 0.25) is 0 Å². The Morgan fingerprint density at radius 1 is 1.35 bits per heavy atom. The van der Waals surface area contributed by atoms with Crippen molar-refractivity contribution in [2.24, 2.45) is 5.41 Å². The van der Waals surface area contributed by atoms with Crippen LogP contribution in [0.15, 0.2) is 24.3 Å². The number of para-hydroxylation sites is 2. The van der Waals surface area contributed by atoms with E-state index in [4.69, 9.17) is 4.74 Å². The number of rotatable bonds is 5. The van der Waals surface area contributed by atoms with Gasteiger partial charge < -0.3 is 20.3 Å². The van der Waals surface area contributed by atoms with E-state index in [-0.39, 0.29) is 5.41 Å². The van der Waals surface area contributed by atoms with Gasteiger partial charge in [0, 0.05) is 13.1 Å². The van der Waals surface area contributed by atoms with Crippen molar-refractivity contribution in [3.63, 3.8) is 0 Å². The molecule has 1 aromatic carbocycles. The van der Waals surface area contributed by atoms with Crippen molar-refractivity contribution in [2.75, 3.05) is 32.5 Å². The highest BCUT2D eigenvalue weighted by molar-refractivity contribution is 6.15. The maximum Gasteiger partial charge on any atom is 0.278 e. The number of ether oxygens (including phenoxy) is 1. The average molecular weight is 319 g/mol. The Morgan fingerprint density at radius 3 is 2.65 bits per heavy atom. The summed E-state index contributed by atoms with van der Waals surface area (Å²) in [5.41, 5.74) is -1.10. The summed E-state index contributed by atoms with van der Waals surface area (Å²) in [6.07, 6.45) is 0. The Bertz CT molecular complexity index is 613.